The van der Waals surface area contributed by atoms with Crippen molar-refractivity contribution in [3.8, 4) is 5.69 Å². The number of aromatic nitrogens is 4. The molecule has 0 aliphatic carbocycles. The topological polar surface area (TPSA) is 82.9 Å². The lowest BCUT2D eigenvalue weighted by atomic mass is 10.1. The minimum atomic E-state index is 0.731. The van der Waals surface area contributed by atoms with Crippen LogP contribution in [0.15, 0.2) is 72.5 Å². The molecule has 1 aliphatic rings. The van der Waals surface area contributed by atoms with Crippen molar-refractivity contribution < 1.29 is 0 Å². The highest BCUT2D eigenvalue weighted by atomic mass is 15.3. The zero-order chi connectivity index (χ0) is 18.9. The lowest BCUT2D eigenvalue weighted by molar-refractivity contribution is 0.955. The molecule has 3 heterocycles. The number of hydrogen-bond acceptors (Lipinski definition) is 5. The molecule has 0 unspecified atom stereocenters. The highest BCUT2D eigenvalue weighted by Crippen LogP contribution is 2.23. The fourth-order valence-electron chi connectivity index (χ4n) is 3.29. The van der Waals surface area contributed by atoms with Gasteiger partial charge in [0.2, 0.25) is 0 Å². The first kappa shape index (κ1) is 16.3. The molecule has 28 heavy (non-hydrogen) atoms. The van der Waals surface area contributed by atoms with Gasteiger partial charge in [-0.2, -0.15) is 10.2 Å². The van der Waals surface area contributed by atoms with Gasteiger partial charge in [-0.25, -0.2) is 4.98 Å². The van der Waals surface area contributed by atoms with Gasteiger partial charge >= 0.3 is 0 Å². The van der Waals surface area contributed by atoms with Crippen LogP contribution in [0.2, 0.25) is 0 Å². The molecule has 0 radical (unpaired) electrons. The Bertz CT molecular complexity index is 1180. The van der Waals surface area contributed by atoms with E-state index in [1.54, 1.807) is 12.5 Å². The summed E-state index contributed by atoms with van der Waals surface area (Å²) in [5.74, 6) is 0.879. The van der Waals surface area contributed by atoms with Crippen molar-refractivity contribution in [3.63, 3.8) is 0 Å². The number of hydrogen-bond donors (Lipinski definition) is 3. The van der Waals surface area contributed by atoms with Crippen molar-refractivity contribution in [3.05, 3.63) is 78.5 Å². The average molecular weight is 369 g/mol. The second-order valence-electron chi connectivity index (χ2n) is 6.76. The highest BCUT2D eigenvalue weighted by Gasteiger charge is 2.11. The number of aromatic amines is 1. The molecular weight excluding hydrogens is 350 g/mol. The first-order valence-corrected chi connectivity index (χ1v) is 9.08. The van der Waals surface area contributed by atoms with Crippen LogP contribution in [0.1, 0.15) is 17.5 Å². The maximum atomic E-state index is 4.51. The molecule has 0 fully saturated rings. The Labute approximate surface area is 161 Å². The fraction of sp³-hybridized carbons (Fsp3) is 0.0952. The van der Waals surface area contributed by atoms with Crippen LogP contribution in [0.4, 0.5) is 5.69 Å². The minimum Gasteiger partial charge on any atom is -0.342 e. The summed E-state index contributed by atoms with van der Waals surface area (Å²) in [6, 6.07) is 12.5. The number of H-pyrrole nitrogens is 1. The van der Waals surface area contributed by atoms with Crippen molar-refractivity contribution >= 4 is 28.1 Å². The van der Waals surface area contributed by atoms with E-state index in [9.17, 15) is 0 Å². The van der Waals surface area contributed by atoms with Gasteiger partial charge in [0.15, 0.2) is 0 Å². The van der Waals surface area contributed by atoms with Crippen LogP contribution in [-0.2, 0) is 0 Å². The summed E-state index contributed by atoms with van der Waals surface area (Å²) in [6.45, 7) is 2.07. The van der Waals surface area contributed by atoms with E-state index in [0.717, 1.165) is 51.4 Å². The van der Waals surface area contributed by atoms with E-state index < -0.39 is 0 Å². The Balaban J connectivity index is 1.29. The van der Waals surface area contributed by atoms with E-state index in [2.05, 4.69) is 80.4 Å². The van der Waals surface area contributed by atoms with Crippen LogP contribution in [0.5, 0.6) is 0 Å². The molecule has 0 bridgehead atoms. The second kappa shape index (κ2) is 6.70. The van der Waals surface area contributed by atoms with Crippen molar-refractivity contribution in [2.24, 2.45) is 5.10 Å². The van der Waals surface area contributed by atoms with Gasteiger partial charge in [-0.3, -0.25) is 10.5 Å². The third-order valence-electron chi connectivity index (χ3n) is 4.86. The van der Waals surface area contributed by atoms with Crippen molar-refractivity contribution in [1.29, 1.82) is 0 Å². The predicted octanol–water partition coefficient (Wildman–Crippen LogP) is 3.82. The van der Waals surface area contributed by atoms with Crippen LogP contribution in [0.25, 0.3) is 22.3 Å². The summed E-state index contributed by atoms with van der Waals surface area (Å²) in [7, 11) is 0. The first-order chi connectivity index (χ1) is 13.8. The van der Waals surface area contributed by atoms with Gasteiger partial charge in [-0.05, 0) is 42.3 Å². The number of hydrazone groups is 1. The highest BCUT2D eigenvalue weighted by molar-refractivity contribution is 6.00. The van der Waals surface area contributed by atoms with E-state index in [-0.39, 0.29) is 0 Å². The summed E-state index contributed by atoms with van der Waals surface area (Å²) >= 11 is 0. The normalized spacial score (nSPS) is 13.8. The van der Waals surface area contributed by atoms with Crippen LogP contribution >= 0.6 is 0 Å². The lowest BCUT2D eigenvalue weighted by Crippen LogP contribution is -2.21. The number of imidazole rings is 1. The molecule has 1 aliphatic heterocycles. The van der Waals surface area contributed by atoms with E-state index >= 15 is 0 Å². The Kier molecular flexibility index (Phi) is 3.90. The summed E-state index contributed by atoms with van der Waals surface area (Å²) in [4.78, 5) is 4.08. The number of amidine groups is 1. The van der Waals surface area contributed by atoms with Gasteiger partial charge in [-0.15, -0.1) is 0 Å². The van der Waals surface area contributed by atoms with E-state index in [1.807, 2.05) is 17.0 Å². The van der Waals surface area contributed by atoms with Gasteiger partial charge in [0, 0.05) is 35.6 Å². The van der Waals surface area contributed by atoms with E-state index in [0.29, 0.717) is 0 Å². The maximum Gasteiger partial charge on any atom is 0.130 e. The third-order valence-corrected chi connectivity index (χ3v) is 4.86. The number of rotatable bonds is 3. The van der Waals surface area contributed by atoms with Crippen molar-refractivity contribution in [1.82, 2.24) is 25.2 Å². The van der Waals surface area contributed by atoms with Gasteiger partial charge in [-0.1, -0.05) is 18.2 Å². The third kappa shape index (κ3) is 3.03. The number of fused-ring (bicyclic) bond motifs is 1. The largest absolute Gasteiger partial charge is 0.342 e. The monoisotopic (exact) mass is 369 g/mol. The molecule has 3 N–H and O–H groups in total. The molecule has 0 amide bonds. The number of nitrogens with zero attached hydrogens (tertiary/aromatic N) is 4. The number of nitrogens with one attached hydrogen (secondary N) is 3. The molecule has 2 aromatic carbocycles. The van der Waals surface area contributed by atoms with Gasteiger partial charge < -0.3 is 9.88 Å². The standard InChI is InChI=1S/C21H19N7/c1-14-10-20-16(12-23-25-20)11-19(14)24-21-7-6-18(26-27-21)15-2-4-17(5-3-15)28-9-8-22-13-28/h2-6,8-13,26H,7H2,1H3,(H,23,25)(H,24,27). The first-order valence-electron chi connectivity index (χ1n) is 9.08. The van der Waals surface area contributed by atoms with Crippen LogP contribution in [-0.4, -0.2) is 25.6 Å². The Morgan fingerprint density at radius 1 is 1.14 bits per heavy atom. The molecule has 5 rings (SSSR count). The van der Waals surface area contributed by atoms with Gasteiger partial charge in [0.1, 0.15) is 5.84 Å². The summed E-state index contributed by atoms with van der Waals surface area (Å²) in [6.07, 6.45) is 10.2. The molecule has 0 saturated carbocycles. The Hall–Kier alpha value is -3.87. The number of benzene rings is 2. The van der Waals surface area contributed by atoms with Crippen LogP contribution < -0.4 is 10.7 Å². The van der Waals surface area contributed by atoms with Crippen LogP contribution in [0, 0.1) is 6.92 Å². The predicted molar refractivity (Wildman–Crippen MR) is 111 cm³/mol. The SMILES string of the molecule is Cc1cc2[nH]ncc2cc1NC1=NNC(c2ccc(-n3ccnc3)cc2)=CC1. The molecule has 138 valence electrons. The number of aryl methyl sites for hydroxylation is 1. The minimum absolute atomic E-state index is 0.731. The Morgan fingerprint density at radius 2 is 2.04 bits per heavy atom. The average Bonchev–Trinajstić information content (AvgIpc) is 3.41. The van der Waals surface area contributed by atoms with Gasteiger partial charge in [0.25, 0.3) is 0 Å². The second-order valence-corrected chi connectivity index (χ2v) is 6.76. The molecule has 0 saturated heterocycles. The summed E-state index contributed by atoms with van der Waals surface area (Å²) in [5.41, 5.74) is 9.56. The molecule has 7 nitrogen and oxygen atoms in total. The molecular formula is C21H19N7. The lowest BCUT2D eigenvalue weighted by Gasteiger charge is -2.17. The smallest absolute Gasteiger partial charge is 0.130 e. The summed E-state index contributed by atoms with van der Waals surface area (Å²) in [5, 5.41) is 16.1. The molecule has 0 atom stereocenters. The van der Waals surface area contributed by atoms with Crippen molar-refractivity contribution in [2.75, 3.05) is 5.32 Å². The molecule has 2 aromatic heterocycles. The number of anilines is 1. The van der Waals surface area contributed by atoms with E-state index in [4.69, 9.17) is 0 Å². The molecule has 7 heteroatoms. The van der Waals surface area contributed by atoms with Gasteiger partial charge in [0.05, 0.1) is 23.7 Å². The zero-order valence-electron chi connectivity index (χ0n) is 15.3. The van der Waals surface area contributed by atoms with Crippen LogP contribution in [0.3, 0.4) is 0 Å². The quantitative estimate of drug-likeness (QED) is 0.513. The maximum absolute atomic E-state index is 4.51. The molecule has 0 spiro atoms. The summed E-state index contributed by atoms with van der Waals surface area (Å²) < 4.78 is 1.98. The van der Waals surface area contributed by atoms with E-state index in [1.165, 1.54) is 0 Å². The van der Waals surface area contributed by atoms with Crippen molar-refractivity contribution in [2.45, 2.75) is 13.3 Å². The zero-order valence-corrected chi connectivity index (χ0v) is 15.3. The fourth-order valence-corrected chi connectivity index (χ4v) is 3.29. The Morgan fingerprint density at radius 3 is 2.79 bits per heavy atom. The molecule has 4 aromatic rings.